The molecular formula is C24H28N4O5S. The Morgan fingerprint density at radius 1 is 1.09 bits per heavy atom. The van der Waals surface area contributed by atoms with E-state index in [1.807, 2.05) is 50.2 Å². The second-order valence-corrected chi connectivity index (χ2v) is 9.50. The van der Waals surface area contributed by atoms with Gasteiger partial charge in [-0.15, -0.1) is 0 Å². The van der Waals surface area contributed by atoms with Crippen LogP contribution in [0.25, 0.3) is 5.69 Å². The number of aromatic nitrogens is 1. The van der Waals surface area contributed by atoms with Crippen LogP contribution in [0.1, 0.15) is 17.0 Å². The maximum Gasteiger partial charge on any atom is 0.260 e. The Morgan fingerprint density at radius 2 is 1.79 bits per heavy atom. The molecule has 34 heavy (non-hydrogen) atoms. The molecule has 0 spiro atoms. The van der Waals surface area contributed by atoms with Crippen LogP contribution in [0.2, 0.25) is 0 Å². The molecule has 0 aliphatic rings. The first-order valence-corrected chi connectivity index (χ1v) is 12.3. The van der Waals surface area contributed by atoms with Gasteiger partial charge in [-0.1, -0.05) is 18.2 Å². The van der Waals surface area contributed by atoms with Crippen LogP contribution in [0, 0.1) is 13.8 Å². The SMILES string of the molecule is COc1ccc(N(CC(=O)N/N=C\c2cc(C)n(-c3ccccc3)c2C)S(C)(=O)=O)c(OC)c1. The van der Waals surface area contributed by atoms with Crippen LogP contribution in [-0.2, 0) is 14.8 Å². The summed E-state index contributed by atoms with van der Waals surface area (Å²) in [6, 6.07) is 16.5. The van der Waals surface area contributed by atoms with Crippen molar-refractivity contribution in [2.45, 2.75) is 13.8 Å². The molecular weight excluding hydrogens is 456 g/mol. The van der Waals surface area contributed by atoms with E-state index in [4.69, 9.17) is 9.47 Å². The van der Waals surface area contributed by atoms with Crippen LogP contribution in [0.15, 0.2) is 59.7 Å². The molecule has 0 saturated heterocycles. The summed E-state index contributed by atoms with van der Waals surface area (Å²) < 4.78 is 38.3. The van der Waals surface area contributed by atoms with E-state index in [1.54, 1.807) is 18.3 Å². The minimum Gasteiger partial charge on any atom is -0.497 e. The van der Waals surface area contributed by atoms with Crippen LogP contribution in [-0.4, -0.2) is 52.1 Å². The van der Waals surface area contributed by atoms with Crippen LogP contribution in [0.4, 0.5) is 5.69 Å². The smallest absolute Gasteiger partial charge is 0.260 e. The average Bonchev–Trinajstić information content (AvgIpc) is 3.09. The summed E-state index contributed by atoms with van der Waals surface area (Å²) in [5.74, 6) is 0.155. The third-order valence-corrected chi connectivity index (χ3v) is 6.35. The van der Waals surface area contributed by atoms with E-state index >= 15 is 0 Å². The van der Waals surface area contributed by atoms with Crippen molar-refractivity contribution in [3.8, 4) is 17.2 Å². The summed E-state index contributed by atoms with van der Waals surface area (Å²) >= 11 is 0. The monoisotopic (exact) mass is 484 g/mol. The molecule has 3 rings (SSSR count). The van der Waals surface area contributed by atoms with E-state index in [9.17, 15) is 13.2 Å². The number of nitrogens with one attached hydrogen (secondary N) is 1. The van der Waals surface area contributed by atoms with Gasteiger partial charge < -0.3 is 14.0 Å². The molecule has 0 bridgehead atoms. The molecule has 3 aromatic rings. The van der Waals surface area contributed by atoms with Crippen molar-refractivity contribution in [3.05, 3.63) is 71.5 Å². The van der Waals surface area contributed by atoms with Gasteiger partial charge in [0.15, 0.2) is 0 Å². The summed E-state index contributed by atoms with van der Waals surface area (Å²) in [5, 5.41) is 4.04. The fourth-order valence-electron chi connectivity index (χ4n) is 3.60. The fourth-order valence-corrected chi connectivity index (χ4v) is 4.46. The maximum absolute atomic E-state index is 12.6. The van der Waals surface area contributed by atoms with Crippen LogP contribution >= 0.6 is 0 Å². The number of amides is 1. The lowest BCUT2D eigenvalue weighted by molar-refractivity contribution is -0.119. The van der Waals surface area contributed by atoms with Gasteiger partial charge in [-0.2, -0.15) is 5.10 Å². The van der Waals surface area contributed by atoms with Gasteiger partial charge in [0.2, 0.25) is 10.0 Å². The van der Waals surface area contributed by atoms with Gasteiger partial charge >= 0.3 is 0 Å². The van der Waals surface area contributed by atoms with Crippen molar-refractivity contribution in [1.82, 2.24) is 9.99 Å². The molecule has 1 amide bonds. The lowest BCUT2D eigenvalue weighted by Crippen LogP contribution is -2.39. The zero-order valence-corrected chi connectivity index (χ0v) is 20.6. The minimum absolute atomic E-state index is 0.219. The number of nitrogens with zero attached hydrogens (tertiary/aromatic N) is 3. The maximum atomic E-state index is 12.6. The van der Waals surface area contributed by atoms with Crippen molar-refractivity contribution < 1.29 is 22.7 Å². The zero-order chi connectivity index (χ0) is 24.9. The summed E-state index contributed by atoms with van der Waals surface area (Å²) in [7, 11) is -0.882. The summed E-state index contributed by atoms with van der Waals surface area (Å²) in [6.07, 6.45) is 2.56. The molecule has 10 heteroatoms. The standard InChI is InChI=1S/C24H28N4O5S/c1-17-13-19(18(2)28(17)20-9-7-6-8-10-20)15-25-26-24(29)16-27(34(5,30)31)22-12-11-21(32-3)14-23(22)33-4/h6-15H,16H2,1-5H3,(H,26,29)/b25-15-. The van der Waals surface area contributed by atoms with Gasteiger partial charge in [-0.05, 0) is 44.2 Å². The Labute approximate surface area is 199 Å². The average molecular weight is 485 g/mol. The number of hydrogen-bond donors (Lipinski definition) is 1. The fraction of sp³-hybridized carbons (Fsp3) is 0.250. The van der Waals surface area contributed by atoms with Crippen molar-refractivity contribution in [1.29, 1.82) is 0 Å². The number of ether oxygens (including phenoxy) is 2. The topological polar surface area (TPSA) is 102 Å². The number of hydrogen-bond acceptors (Lipinski definition) is 6. The second-order valence-electron chi connectivity index (χ2n) is 7.60. The Bertz CT molecular complexity index is 1300. The third-order valence-electron chi connectivity index (χ3n) is 5.22. The molecule has 1 aromatic heterocycles. The van der Waals surface area contributed by atoms with Gasteiger partial charge in [0, 0.05) is 28.7 Å². The first kappa shape index (κ1) is 24.8. The number of benzene rings is 2. The minimum atomic E-state index is -3.79. The highest BCUT2D eigenvalue weighted by Crippen LogP contribution is 2.33. The molecule has 0 fully saturated rings. The second kappa shape index (κ2) is 10.4. The molecule has 0 saturated carbocycles. The van der Waals surface area contributed by atoms with E-state index in [-0.39, 0.29) is 11.4 Å². The van der Waals surface area contributed by atoms with Crippen LogP contribution in [0.3, 0.4) is 0 Å². The van der Waals surface area contributed by atoms with Gasteiger partial charge in [-0.3, -0.25) is 9.10 Å². The molecule has 1 heterocycles. The summed E-state index contributed by atoms with van der Waals surface area (Å²) in [6.45, 7) is 3.48. The Morgan fingerprint density at radius 3 is 2.41 bits per heavy atom. The number of carbonyl (C=O) groups is 1. The highest BCUT2D eigenvalue weighted by molar-refractivity contribution is 7.92. The predicted octanol–water partition coefficient (Wildman–Crippen LogP) is 3.03. The lowest BCUT2D eigenvalue weighted by Gasteiger charge is -2.23. The lowest BCUT2D eigenvalue weighted by atomic mass is 10.2. The van der Waals surface area contributed by atoms with Crippen molar-refractivity contribution in [2.75, 3.05) is 31.3 Å². The number of para-hydroxylation sites is 1. The van der Waals surface area contributed by atoms with Gasteiger partial charge in [-0.25, -0.2) is 13.8 Å². The Kier molecular flexibility index (Phi) is 7.62. The first-order valence-electron chi connectivity index (χ1n) is 10.4. The van der Waals surface area contributed by atoms with E-state index in [0.29, 0.717) is 5.75 Å². The number of carbonyl (C=O) groups excluding carboxylic acids is 1. The van der Waals surface area contributed by atoms with E-state index < -0.39 is 22.5 Å². The largest absolute Gasteiger partial charge is 0.497 e. The number of anilines is 1. The molecule has 1 N–H and O–H groups in total. The number of rotatable bonds is 9. The van der Waals surface area contributed by atoms with Gasteiger partial charge in [0.1, 0.15) is 18.0 Å². The Balaban J connectivity index is 1.77. The zero-order valence-electron chi connectivity index (χ0n) is 19.8. The molecule has 0 radical (unpaired) electrons. The molecule has 2 aromatic carbocycles. The molecule has 9 nitrogen and oxygen atoms in total. The Hall–Kier alpha value is -3.79. The molecule has 0 unspecified atom stereocenters. The summed E-state index contributed by atoms with van der Waals surface area (Å²) in [4.78, 5) is 12.6. The number of methoxy groups -OCH3 is 2. The number of hydrazone groups is 1. The highest BCUT2D eigenvalue weighted by atomic mass is 32.2. The number of aryl methyl sites for hydroxylation is 1. The van der Waals surface area contributed by atoms with Gasteiger partial charge in [0.25, 0.3) is 5.91 Å². The molecule has 0 atom stereocenters. The van der Waals surface area contributed by atoms with Crippen LogP contribution < -0.4 is 19.2 Å². The number of sulfonamides is 1. The van der Waals surface area contributed by atoms with Crippen molar-refractivity contribution in [2.24, 2.45) is 5.10 Å². The van der Waals surface area contributed by atoms with E-state index in [0.717, 1.165) is 33.2 Å². The normalized spacial score (nSPS) is 11.4. The van der Waals surface area contributed by atoms with E-state index in [1.165, 1.54) is 20.3 Å². The van der Waals surface area contributed by atoms with Crippen molar-refractivity contribution in [3.63, 3.8) is 0 Å². The first-order chi connectivity index (χ1) is 16.2. The molecule has 0 aliphatic heterocycles. The third kappa shape index (κ3) is 5.57. The quantitative estimate of drug-likeness (QED) is 0.372. The van der Waals surface area contributed by atoms with Crippen LogP contribution in [0.5, 0.6) is 11.5 Å². The van der Waals surface area contributed by atoms with Crippen molar-refractivity contribution >= 4 is 27.8 Å². The molecule has 180 valence electrons. The van der Waals surface area contributed by atoms with Gasteiger partial charge in [0.05, 0.1) is 32.4 Å². The summed E-state index contributed by atoms with van der Waals surface area (Å²) in [5.41, 5.74) is 6.47. The molecule has 0 aliphatic carbocycles. The van der Waals surface area contributed by atoms with E-state index in [2.05, 4.69) is 15.1 Å². The highest BCUT2D eigenvalue weighted by Gasteiger charge is 2.24. The predicted molar refractivity (Wildman–Crippen MR) is 133 cm³/mol.